The second-order valence-corrected chi connectivity index (χ2v) is 8.16. The molecule has 0 bridgehead atoms. The molecule has 2 aromatic carbocycles. The van der Waals surface area contributed by atoms with Gasteiger partial charge in [-0.2, -0.15) is 5.10 Å². The van der Waals surface area contributed by atoms with Gasteiger partial charge in [-0.1, -0.05) is 54.6 Å². The van der Waals surface area contributed by atoms with Crippen molar-refractivity contribution in [1.82, 2.24) is 30.3 Å². The van der Waals surface area contributed by atoms with Crippen LogP contribution in [0.1, 0.15) is 42.5 Å². The Kier molecular flexibility index (Phi) is 7.87. The van der Waals surface area contributed by atoms with Gasteiger partial charge in [0.25, 0.3) is 0 Å². The SMILES string of the molecule is CCNC(=NCc1cccc(Cn2cncn2)c1)NCC(c1ccccc1)N1CCCC1. The third-order valence-corrected chi connectivity index (χ3v) is 5.80. The average molecular weight is 432 g/mol. The summed E-state index contributed by atoms with van der Waals surface area (Å²) in [7, 11) is 0. The van der Waals surface area contributed by atoms with Gasteiger partial charge in [-0.25, -0.2) is 14.7 Å². The van der Waals surface area contributed by atoms with Crippen LogP contribution in [0.2, 0.25) is 0 Å². The molecule has 32 heavy (non-hydrogen) atoms. The Hall–Kier alpha value is -3.19. The van der Waals surface area contributed by atoms with Crippen molar-refractivity contribution in [1.29, 1.82) is 0 Å². The minimum Gasteiger partial charge on any atom is -0.357 e. The van der Waals surface area contributed by atoms with Crippen molar-refractivity contribution in [3.8, 4) is 0 Å². The fraction of sp³-hybridized carbons (Fsp3) is 0.400. The molecule has 1 aliphatic rings. The first kappa shape index (κ1) is 22.0. The zero-order chi connectivity index (χ0) is 22.0. The first-order valence-corrected chi connectivity index (χ1v) is 11.5. The molecule has 0 spiro atoms. The number of nitrogens with zero attached hydrogens (tertiary/aromatic N) is 5. The zero-order valence-corrected chi connectivity index (χ0v) is 18.8. The van der Waals surface area contributed by atoms with Gasteiger partial charge in [-0.05, 0) is 49.5 Å². The van der Waals surface area contributed by atoms with Crippen molar-refractivity contribution in [2.75, 3.05) is 26.2 Å². The molecule has 0 radical (unpaired) electrons. The van der Waals surface area contributed by atoms with E-state index in [9.17, 15) is 0 Å². The molecule has 1 atom stereocenters. The highest BCUT2D eigenvalue weighted by molar-refractivity contribution is 5.79. The van der Waals surface area contributed by atoms with Crippen molar-refractivity contribution in [3.63, 3.8) is 0 Å². The fourth-order valence-electron chi connectivity index (χ4n) is 4.22. The van der Waals surface area contributed by atoms with E-state index in [-0.39, 0.29) is 0 Å². The van der Waals surface area contributed by atoms with Crippen LogP contribution in [0.25, 0.3) is 0 Å². The Morgan fingerprint density at radius 2 is 1.84 bits per heavy atom. The van der Waals surface area contributed by atoms with E-state index in [1.165, 1.54) is 29.5 Å². The number of hydrogen-bond acceptors (Lipinski definition) is 4. The fourth-order valence-corrected chi connectivity index (χ4v) is 4.22. The lowest BCUT2D eigenvalue weighted by Gasteiger charge is -2.29. The quantitative estimate of drug-likeness (QED) is 0.402. The number of benzene rings is 2. The number of guanidine groups is 1. The molecule has 4 rings (SSSR count). The lowest BCUT2D eigenvalue weighted by atomic mass is 10.1. The summed E-state index contributed by atoms with van der Waals surface area (Å²) in [6.45, 7) is 7.43. The van der Waals surface area contributed by atoms with Gasteiger partial charge in [0.2, 0.25) is 0 Å². The predicted octanol–water partition coefficient (Wildman–Crippen LogP) is 3.22. The van der Waals surface area contributed by atoms with Crippen molar-refractivity contribution >= 4 is 5.96 Å². The van der Waals surface area contributed by atoms with E-state index < -0.39 is 0 Å². The number of rotatable bonds is 9. The number of likely N-dealkylation sites (tertiary alicyclic amines) is 1. The maximum absolute atomic E-state index is 4.86. The minimum atomic E-state index is 0.355. The van der Waals surface area contributed by atoms with Crippen LogP contribution in [-0.2, 0) is 13.1 Å². The van der Waals surface area contributed by atoms with Crippen LogP contribution in [0.3, 0.4) is 0 Å². The van der Waals surface area contributed by atoms with E-state index in [2.05, 4.69) is 87.1 Å². The second-order valence-electron chi connectivity index (χ2n) is 8.16. The standard InChI is InChI=1S/C25H33N7/c1-2-27-25(28-16-21-9-8-10-22(15-21)18-32-20-26-19-30-32)29-17-24(31-13-6-7-14-31)23-11-4-3-5-12-23/h3-5,8-12,15,19-20,24H,2,6-7,13-14,16-18H2,1H3,(H2,27,28,29). The summed E-state index contributed by atoms with van der Waals surface area (Å²) in [5, 5.41) is 11.2. The molecule has 3 aromatic rings. The minimum absolute atomic E-state index is 0.355. The molecule has 1 fully saturated rings. The largest absolute Gasteiger partial charge is 0.357 e. The lowest BCUT2D eigenvalue weighted by Crippen LogP contribution is -2.42. The highest BCUT2D eigenvalue weighted by Crippen LogP contribution is 2.24. The van der Waals surface area contributed by atoms with Crippen molar-refractivity contribution in [2.24, 2.45) is 4.99 Å². The predicted molar refractivity (Wildman–Crippen MR) is 128 cm³/mol. The van der Waals surface area contributed by atoms with Gasteiger partial charge in [0.15, 0.2) is 5.96 Å². The number of aromatic nitrogens is 3. The van der Waals surface area contributed by atoms with Crippen molar-refractivity contribution < 1.29 is 0 Å². The molecule has 0 aliphatic carbocycles. The first-order chi connectivity index (χ1) is 15.8. The van der Waals surface area contributed by atoms with Crippen molar-refractivity contribution in [2.45, 2.75) is 38.9 Å². The molecule has 1 aliphatic heterocycles. The highest BCUT2D eigenvalue weighted by atomic mass is 15.3. The maximum Gasteiger partial charge on any atom is 0.191 e. The Labute approximate surface area is 190 Å². The van der Waals surface area contributed by atoms with Crippen molar-refractivity contribution in [3.05, 3.63) is 83.9 Å². The molecule has 0 saturated carbocycles. The van der Waals surface area contributed by atoms with Crippen LogP contribution < -0.4 is 10.6 Å². The molecule has 1 unspecified atom stereocenters. The summed E-state index contributed by atoms with van der Waals surface area (Å²) in [4.78, 5) is 11.5. The lowest BCUT2D eigenvalue weighted by molar-refractivity contribution is 0.245. The Morgan fingerprint density at radius 3 is 2.59 bits per heavy atom. The van der Waals surface area contributed by atoms with Gasteiger partial charge < -0.3 is 10.6 Å². The Morgan fingerprint density at radius 1 is 1.03 bits per heavy atom. The molecule has 1 saturated heterocycles. The smallest absolute Gasteiger partial charge is 0.191 e. The maximum atomic E-state index is 4.86. The summed E-state index contributed by atoms with van der Waals surface area (Å²) < 4.78 is 1.83. The molecule has 168 valence electrons. The molecule has 0 amide bonds. The summed E-state index contributed by atoms with van der Waals surface area (Å²) in [6, 6.07) is 19.7. The van der Waals surface area contributed by atoms with Gasteiger partial charge in [-0.3, -0.25) is 4.90 Å². The highest BCUT2D eigenvalue weighted by Gasteiger charge is 2.23. The summed E-state index contributed by atoms with van der Waals surface area (Å²) in [6.07, 6.45) is 5.86. The van der Waals surface area contributed by atoms with Crippen LogP contribution in [0.5, 0.6) is 0 Å². The van der Waals surface area contributed by atoms with Crippen LogP contribution in [0.4, 0.5) is 0 Å². The van der Waals surface area contributed by atoms with Crippen LogP contribution in [0.15, 0.2) is 72.2 Å². The van der Waals surface area contributed by atoms with Gasteiger partial charge in [0.05, 0.1) is 19.1 Å². The molecule has 7 heteroatoms. The first-order valence-electron chi connectivity index (χ1n) is 11.5. The van der Waals surface area contributed by atoms with Crippen LogP contribution >= 0.6 is 0 Å². The third kappa shape index (κ3) is 6.17. The third-order valence-electron chi connectivity index (χ3n) is 5.80. The number of hydrogen-bond donors (Lipinski definition) is 2. The topological polar surface area (TPSA) is 70.4 Å². The summed E-state index contributed by atoms with van der Waals surface area (Å²) in [5.74, 6) is 0.856. The monoisotopic (exact) mass is 431 g/mol. The van der Waals surface area contributed by atoms with Crippen LogP contribution in [0, 0.1) is 0 Å². The second kappa shape index (κ2) is 11.4. The van der Waals surface area contributed by atoms with E-state index in [4.69, 9.17) is 4.99 Å². The van der Waals surface area contributed by atoms with E-state index >= 15 is 0 Å². The normalized spacial score (nSPS) is 15.6. The van der Waals surface area contributed by atoms with E-state index in [1.807, 2.05) is 4.68 Å². The Balaban J connectivity index is 1.41. The summed E-state index contributed by atoms with van der Waals surface area (Å²) >= 11 is 0. The van der Waals surface area contributed by atoms with E-state index in [1.54, 1.807) is 12.7 Å². The molecule has 1 aromatic heterocycles. The van der Waals surface area contributed by atoms with Gasteiger partial charge in [0, 0.05) is 13.1 Å². The Bertz CT molecular complexity index is 963. The van der Waals surface area contributed by atoms with Gasteiger partial charge >= 0.3 is 0 Å². The van der Waals surface area contributed by atoms with Gasteiger partial charge in [-0.15, -0.1) is 0 Å². The molecule has 2 N–H and O–H groups in total. The molecule has 7 nitrogen and oxygen atoms in total. The van der Waals surface area contributed by atoms with Gasteiger partial charge in [0.1, 0.15) is 12.7 Å². The molecular formula is C25H33N7. The number of nitrogens with one attached hydrogen (secondary N) is 2. The average Bonchev–Trinajstić information content (AvgIpc) is 3.53. The van der Waals surface area contributed by atoms with Crippen LogP contribution in [-0.4, -0.2) is 51.8 Å². The molecular weight excluding hydrogens is 398 g/mol. The number of aliphatic imine (C=N–C) groups is 1. The van der Waals surface area contributed by atoms with E-state index in [0.717, 1.165) is 32.1 Å². The molecule has 2 heterocycles. The summed E-state index contributed by atoms with van der Waals surface area (Å²) in [5.41, 5.74) is 3.73. The van der Waals surface area contributed by atoms with E-state index in [0.29, 0.717) is 19.1 Å². The zero-order valence-electron chi connectivity index (χ0n) is 18.8.